The molecule has 5 nitrogen and oxygen atoms in total. The number of carbonyl (C=O) groups is 1. The predicted molar refractivity (Wildman–Crippen MR) is 55.0 cm³/mol. The minimum Gasteiger partial charge on any atom is -0.494 e. The Morgan fingerprint density at radius 3 is 2.62 bits per heavy atom. The third-order valence-electron chi connectivity index (χ3n) is 2.14. The first-order chi connectivity index (χ1) is 7.69. The molecule has 0 saturated carbocycles. The van der Waals surface area contributed by atoms with Crippen molar-refractivity contribution in [1.29, 1.82) is 5.26 Å². The molecule has 0 fully saturated rings. The molecule has 0 unspecified atom stereocenters. The average molecular weight is 221 g/mol. The van der Waals surface area contributed by atoms with Crippen molar-refractivity contribution in [3.8, 4) is 11.8 Å². The number of nitrogens with zero attached hydrogens (tertiary/aromatic N) is 1. The van der Waals surface area contributed by atoms with Crippen molar-refractivity contribution in [2.45, 2.75) is 6.61 Å². The maximum Gasteiger partial charge on any atom is 0.341 e. The number of hydrogen-bond donors (Lipinski definition) is 1. The molecule has 0 radical (unpaired) electrons. The van der Waals surface area contributed by atoms with Crippen molar-refractivity contribution < 1.29 is 19.4 Å². The molecule has 5 heteroatoms. The zero-order valence-corrected chi connectivity index (χ0v) is 8.98. The number of hydrogen-bond acceptors (Lipinski definition) is 5. The van der Waals surface area contributed by atoms with Gasteiger partial charge in [-0.1, -0.05) is 6.07 Å². The smallest absolute Gasteiger partial charge is 0.341 e. The van der Waals surface area contributed by atoms with Crippen molar-refractivity contribution in [2.24, 2.45) is 0 Å². The highest BCUT2D eigenvalue weighted by Gasteiger charge is 2.18. The van der Waals surface area contributed by atoms with Crippen LogP contribution in [0.2, 0.25) is 0 Å². The molecule has 16 heavy (non-hydrogen) atoms. The maximum atomic E-state index is 11.4. The summed E-state index contributed by atoms with van der Waals surface area (Å²) in [6.07, 6.45) is 0. The normalized spacial score (nSPS) is 9.38. The number of ether oxygens (including phenoxy) is 2. The standard InChI is InChI=1S/C11H11NO4/c1-15-10-8(11(14)16-2)4-3-7(6-13)9(10)5-12/h3-4,13H,6H2,1-2H3. The molecule has 1 aromatic carbocycles. The number of benzene rings is 1. The van der Waals surface area contributed by atoms with E-state index in [1.807, 2.05) is 6.07 Å². The van der Waals surface area contributed by atoms with Crippen LogP contribution in [0.1, 0.15) is 21.5 Å². The topological polar surface area (TPSA) is 79.5 Å². The number of carbonyl (C=O) groups excluding carboxylic acids is 1. The molecule has 0 bridgehead atoms. The van der Waals surface area contributed by atoms with E-state index in [0.717, 1.165) is 0 Å². The third-order valence-corrected chi connectivity index (χ3v) is 2.14. The highest BCUT2D eigenvalue weighted by atomic mass is 16.5. The second-order valence-corrected chi connectivity index (χ2v) is 2.94. The molecule has 0 aliphatic heterocycles. The maximum absolute atomic E-state index is 11.4. The largest absolute Gasteiger partial charge is 0.494 e. The van der Waals surface area contributed by atoms with E-state index < -0.39 is 5.97 Å². The molecule has 0 aliphatic carbocycles. The minimum absolute atomic E-state index is 0.126. The number of esters is 1. The molecule has 84 valence electrons. The van der Waals surface area contributed by atoms with Crippen LogP contribution in [-0.2, 0) is 11.3 Å². The Kier molecular flexibility index (Phi) is 3.86. The van der Waals surface area contributed by atoms with Gasteiger partial charge in [0.25, 0.3) is 0 Å². The van der Waals surface area contributed by atoms with E-state index >= 15 is 0 Å². The van der Waals surface area contributed by atoms with Gasteiger partial charge in [0.05, 0.1) is 20.8 Å². The zero-order valence-electron chi connectivity index (χ0n) is 8.98. The zero-order chi connectivity index (χ0) is 12.1. The van der Waals surface area contributed by atoms with Crippen LogP contribution in [0, 0.1) is 11.3 Å². The van der Waals surface area contributed by atoms with Gasteiger partial charge < -0.3 is 14.6 Å². The van der Waals surface area contributed by atoms with Crippen LogP contribution in [0.15, 0.2) is 12.1 Å². The summed E-state index contributed by atoms with van der Waals surface area (Å²) in [4.78, 5) is 11.4. The van der Waals surface area contributed by atoms with Crippen LogP contribution in [-0.4, -0.2) is 25.3 Å². The van der Waals surface area contributed by atoms with Gasteiger partial charge in [-0.25, -0.2) is 4.79 Å². The highest BCUT2D eigenvalue weighted by molar-refractivity contribution is 5.93. The Bertz CT molecular complexity index is 448. The van der Waals surface area contributed by atoms with E-state index in [9.17, 15) is 4.79 Å². The first-order valence-electron chi connectivity index (χ1n) is 4.48. The molecule has 0 heterocycles. The van der Waals surface area contributed by atoms with Gasteiger partial charge in [-0.2, -0.15) is 5.26 Å². The van der Waals surface area contributed by atoms with Gasteiger partial charge in [0.15, 0.2) is 5.75 Å². The Balaban J connectivity index is 3.44. The highest BCUT2D eigenvalue weighted by Crippen LogP contribution is 2.27. The molecular weight excluding hydrogens is 210 g/mol. The molecule has 0 atom stereocenters. The summed E-state index contributed by atoms with van der Waals surface area (Å²) >= 11 is 0. The summed E-state index contributed by atoms with van der Waals surface area (Å²) in [6.45, 7) is -0.291. The molecule has 1 aromatic rings. The van der Waals surface area contributed by atoms with E-state index in [0.29, 0.717) is 5.56 Å². The van der Waals surface area contributed by atoms with Gasteiger partial charge >= 0.3 is 5.97 Å². The van der Waals surface area contributed by atoms with Crippen LogP contribution < -0.4 is 4.74 Å². The molecule has 0 aliphatic rings. The van der Waals surface area contributed by atoms with Crippen molar-refractivity contribution in [3.05, 3.63) is 28.8 Å². The Hall–Kier alpha value is -2.06. The molecule has 0 saturated heterocycles. The number of aliphatic hydroxyl groups excluding tert-OH is 1. The quantitative estimate of drug-likeness (QED) is 0.765. The molecule has 1 rings (SSSR count). The van der Waals surface area contributed by atoms with Crippen molar-refractivity contribution in [3.63, 3.8) is 0 Å². The monoisotopic (exact) mass is 221 g/mol. The summed E-state index contributed by atoms with van der Waals surface area (Å²) in [5, 5.41) is 18.0. The fourth-order valence-electron chi connectivity index (χ4n) is 1.36. The van der Waals surface area contributed by atoms with Crippen LogP contribution >= 0.6 is 0 Å². The number of aliphatic hydroxyl groups is 1. The lowest BCUT2D eigenvalue weighted by Crippen LogP contribution is -2.07. The van der Waals surface area contributed by atoms with Gasteiger partial charge in [-0.05, 0) is 11.6 Å². The lowest BCUT2D eigenvalue weighted by Gasteiger charge is -2.10. The first-order valence-corrected chi connectivity index (χ1v) is 4.48. The van der Waals surface area contributed by atoms with Crippen molar-refractivity contribution in [1.82, 2.24) is 0 Å². The molecule has 0 spiro atoms. The van der Waals surface area contributed by atoms with Gasteiger partial charge in [0.1, 0.15) is 17.2 Å². The van der Waals surface area contributed by atoms with E-state index in [1.54, 1.807) is 0 Å². The van der Waals surface area contributed by atoms with Crippen LogP contribution in [0.3, 0.4) is 0 Å². The van der Waals surface area contributed by atoms with Crippen LogP contribution in [0.4, 0.5) is 0 Å². The molecule has 0 aromatic heterocycles. The lowest BCUT2D eigenvalue weighted by molar-refractivity contribution is 0.0597. The van der Waals surface area contributed by atoms with Crippen molar-refractivity contribution >= 4 is 5.97 Å². The Morgan fingerprint density at radius 2 is 2.19 bits per heavy atom. The predicted octanol–water partition coefficient (Wildman–Crippen LogP) is 0.846. The minimum atomic E-state index is -0.585. The Labute approximate surface area is 92.8 Å². The fraction of sp³-hybridized carbons (Fsp3) is 0.273. The number of methoxy groups -OCH3 is 2. The average Bonchev–Trinajstić information content (AvgIpc) is 2.35. The number of rotatable bonds is 3. The van der Waals surface area contributed by atoms with Gasteiger partial charge in [-0.15, -0.1) is 0 Å². The van der Waals surface area contributed by atoms with Gasteiger partial charge in [0, 0.05) is 0 Å². The van der Waals surface area contributed by atoms with Gasteiger partial charge in [-0.3, -0.25) is 0 Å². The summed E-state index contributed by atoms with van der Waals surface area (Å²) in [7, 11) is 2.59. The third kappa shape index (κ3) is 1.97. The summed E-state index contributed by atoms with van der Waals surface area (Å²) in [5.74, 6) is -0.460. The van der Waals surface area contributed by atoms with E-state index in [1.165, 1.54) is 26.4 Å². The summed E-state index contributed by atoms with van der Waals surface area (Å²) in [5.41, 5.74) is 0.721. The van der Waals surface area contributed by atoms with E-state index in [2.05, 4.69) is 4.74 Å². The second kappa shape index (κ2) is 5.14. The van der Waals surface area contributed by atoms with E-state index in [-0.39, 0.29) is 23.5 Å². The lowest BCUT2D eigenvalue weighted by atomic mass is 10.0. The second-order valence-electron chi connectivity index (χ2n) is 2.94. The van der Waals surface area contributed by atoms with Gasteiger partial charge in [0.2, 0.25) is 0 Å². The Morgan fingerprint density at radius 1 is 1.50 bits per heavy atom. The molecule has 1 N–H and O–H groups in total. The molecular formula is C11H11NO4. The van der Waals surface area contributed by atoms with Crippen molar-refractivity contribution in [2.75, 3.05) is 14.2 Å². The summed E-state index contributed by atoms with van der Waals surface area (Å²) in [6, 6.07) is 4.84. The van der Waals surface area contributed by atoms with Crippen LogP contribution in [0.5, 0.6) is 5.75 Å². The molecule has 0 amide bonds. The summed E-state index contributed by atoms with van der Waals surface area (Å²) < 4.78 is 9.56. The fourth-order valence-corrected chi connectivity index (χ4v) is 1.36. The number of nitriles is 1. The first kappa shape index (κ1) is 12.0. The van der Waals surface area contributed by atoms with Crippen LogP contribution in [0.25, 0.3) is 0 Å². The van der Waals surface area contributed by atoms with E-state index in [4.69, 9.17) is 15.1 Å². The SMILES string of the molecule is COC(=O)c1ccc(CO)c(C#N)c1OC.